The molecule has 5 rings (SSSR count). The molecule has 3 aromatic heterocycles. The van der Waals surface area contributed by atoms with E-state index in [4.69, 9.17) is 9.72 Å². The van der Waals surface area contributed by atoms with Gasteiger partial charge in [-0.3, -0.25) is 4.57 Å². The molecule has 4 aromatic rings. The summed E-state index contributed by atoms with van der Waals surface area (Å²) in [6.45, 7) is 7.45. The molecule has 204 valence electrons. The number of H-pyrrole nitrogens is 1. The van der Waals surface area contributed by atoms with E-state index >= 15 is 0 Å². The number of unbranched alkanes of at least 4 members (excludes halogenated alkanes) is 1. The van der Waals surface area contributed by atoms with Crippen molar-refractivity contribution in [2.24, 2.45) is 0 Å². The molecule has 0 aliphatic carbocycles. The average Bonchev–Trinajstić information content (AvgIpc) is 3.51. The monoisotopic (exact) mass is 542 g/mol. The highest BCUT2D eigenvalue weighted by atomic mass is 32.2. The lowest BCUT2D eigenvalue weighted by Gasteiger charge is -2.21. The first-order chi connectivity index (χ1) is 18.3. The van der Waals surface area contributed by atoms with Crippen LogP contribution in [0, 0.1) is 0 Å². The molecular weight excluding hydrogens is 508 g/mol. The zero-order valence-electron chi connectivity index (χ0n) is 22.1. The van der Waals surface area contributed by atoms with Crippen molar-refractivity contribution in [3.63, 3.8) is 0 Å². The van der Waals surface area contributed by atoms with Crippen LogP contribution in [0.4, 0.5) is 0 Å². The van der Waals surface area contributed by atoms with Crippen LogP contribution in [-0.4, -0.2) is 86.6 Å². The van der Waals surface area contributed by atoms with Gasteiger partial charge in [0.05, 0.1) is 17.1 Å². The molecule has 1 saturated heterocycles. The van der Waals surface area contributed by atoms with Crippen LogP contribution in [0.2, 0.25) is 0 Å². The summed E-state index contributed by atoms with van der Waals surface area (Å²) in [7, 11) is -1.73. The topological polar surface area (TPSA) is 131 Å². The van der Waals surface area contributed by atoms with Gasteiger partial charge in [0, 0.05) is 26.2 Å². The van der Waals surface area contributed by atoms with Crippen LogP contribution >= 0.6 is 0 Å². The minimum atomic E-state index is -3.73. The molecule has 12 nitrogen and oxygen atoms in total. The number of rotatable bonds is 9. The van der Waals surface area contributed by atoms with E-state index in [-0.39, 0.29) is 10.6 Å². The lowest BCUT2D eigenvalue weighted by atomic mass is 10.2. The Morgan fingerprint density at radius 1 is 1.08 bits per heavy atom. The molecule has 0 atom stereocenters. The number of sulfonamides is 1. The summed E-state index contributed by atoms with van der Waals surface area (Å²) >= 11 is 0. The van der Waals surface area contributed by atoms with Crippen LogP contribution < -0.4 is 10.4 Å². The van der Waals surface area contributed by atoms with E-state index in [1.54, 1.807) is 27.1 Å². The Bertz CT molecular complexity index is 1610. The highest BCUT2D eigenvalue weighted by molar-refractivity contribution is 7.89. The quantitative estimate of drug-likeness (QED) is 0.341. The van der Waals surface area contributed by atoms with Crippen LogP contribution in [0.15, 0.2) is 34.2 Å². The number of imidazole rings is 1. The first-order valence-electron chi connectivity index (χ1n) is 13.1. The number of likely N-dealkylation sites (N-methyl/N-ethyl adjacent to an activating group) is 1. The van der Waals surface area contributed by atoms with Crippen molar-refractivity contribution in [3.05, 3.63) is 35.0 Å². The molecule has 0 amide bonds. The molecule has 1 aliphatic rings. The van der Waals surface area contributed by atoms with Gasteiger partial charge in [-0.25, -0.2) is 22.6 Å². The van der Waals surface area contributed by atoms with Crippen LogP contribution in [0.1, 0.15) is 39.5 Å². The Morgan fingerprint density at radius 3 is 2.71 bits per heavy atom. The van der Waals surface area contributed by atoms with E-state index in [0.717, 1.165) is 32.2 Å². The number of benzene rings is 1. The number of aryl methyl sites for hydroxylation is 1. The number of aromatic nitrogens is 6. The lowest BCUT2D eigenvalue weighted by molar-refractivity contribution is 0.318. The zero-order chi connectivity index (χ0) is 26.9. The molecule has 0 unspecified atom stereocenters. The van der Waals surface area contributed by atoms with Gasteiger partial charge in [0.25, 0.3) is 0 Å². The maximum Gasteiger partial charge on any atom is 0.336 e. The van der Waals surface area contributed by atoms with Crippen LogP contribution in [0.5, 0.6) is 5.75 Å². The van der Waals surface area contributed by atoms with Gasteiger partial charge < -0.3 is 14.6 Å². The zero-order valence-corrected chi connectivity index (χ0v) is 22.9. The smallest absolute Gasteiger partial charge is 0.336 e. The first kappa shape index (κ1) is 26.3. The number of nitrogens with one attached hydrogen (secondary N) is 1. The predicted molar refractivity (Wildman–Crippen MR) is 144 cm³/mol. The van der Waals surface area contributed by atoms with Gasteiger partial charge >= 0.3 is 5.69 Å². The summed E-state index contributed by atoms with van der Waals surface area (Å²) in [5.74, 6) is 0.917. The summed E-state index contributed by atoms with van der Waals surface area (Å²) in [5, 5.41) is 8.06. The highest BCUT2D eigenvalue weighted by Crippen LogP contribution is 2.33. The van der Waals surface area contributed by atoms with Crippen molar-refractivity contribution in [1.29, 1.82) is 0 Å². The minimum Gasteiger partial charge on any atom is -0.493 e. The molecule has 0 spiro atoms. The number of ether oxygens (including phenoxy) is 1. The summed E-state index contributed by atoms with van der Waals surface area (Å²) in [5.41, 5.74) is 1.61. The fourth-order valence-corrected chi connectivity index (χ4v) is 6.23. The molecule has 38 heavy (non-hydrogen) atoms. The van der Waals surface area contributed by atoms with E-state index < -0.39 is 10.0 Å². The Balaban J connectivity index is 1.66. The molecular formula is C25H34N8O4S. The third kappa shape index (κ3) is 4.81. The Hall–Kier alpha value is -3.29. The van der Waals surface area contributed by atoms with Gasteiger partial charge in [0.2, 0.25) is 10.0 Å². The van der Waals surface area contributed by atoms with Crippen molar-refractivity contribution in [2.45, 2.75) is 51.0 Å². The molecule has 1 aliphatic heterocycles. The minimum absolute atomic E-state index is 0.178. The third-order valence-corrected chi connectivity index (χ3v) is 8.76. The third-order valence-electron chi connectivity index (χ3n) is 6.87. The van der Waals surface area contributed by atoms with Gasteiger partial charge in [-0.2, -0.15) is 4.31 Å². The fourth-order valence-electron chi connectivity index (χ4n) is 4.73. The van der Waals surface area contributed by atoms with Crippen LogP contribution in [0.3, 0.4) is 0 Å². The summed E-state index contributed by atoms with van der Waals surface area (Å²) in [6, 6.07) is 4.89. The van der Waals surface area contributed by atoms with E-state index in [1.165, 1.54) is 10.7 Å². The Morgan fingerprint density at radius 2 is 1.92 bits per heavy atom. The van der Waals surface area contributed by atoms with E-state index in [9.17, 15) is 13.2 Å². The van der Waals surface area contributed by atoms with E-state index in [0.29, 0.717) is 66.7 Å². The van der Waals surface area contributed by atoms with Gasteiger partial charge in [-0.1, -0.05) is 20.3 Å². The van der Waals surface area contributed by atoms with Crippen LogP contribution in [0.25, 0.3) is 28.2 Å². The molecule has 0 bridgehead atoms. The molecule has 0 saturated carbocycles. The maximum absolute atomic E-state index is 13.7. The summed E-state index contributed by atoms with van der Waals surface area (Å²) < 4.78 is 37.9. The van der Waals surface area contributed by atoms with Crippen molar-refractivity contribution >= 4 is 26.8 Å². The molecule has 0 radical (unpaired) electrons. The number of hydrogen-bond donors (Lipinski definition) is 1. The standard InChI is InChI=1S/C25H34N8O4S/c1-4-6-12-32-23-21(24-29-26-17-33(24)25(32)34)27-22(28-23)19-16-18(8-9-20(19)37-15-5-2)38(35,36)31-11-7-10-30(3)13-14-31/h8-9,16-17H,4-7,10-15H2,1-3H3,(H,27,28). The Labute approximate surface area is 221 Å². The normalized spacial score (nSPS) is 15.9. The SMILES string of the molecule is CCCCn1c(=O)n2cnnc2c2[nH]c(-c3cc(S(=O)(=O)N4CCCN(C)CC4)ccc3OCCC)nc21. The second-order valence-electron chi connectivity index (χ2n) is 9.66. The average molecular weight is 543 g/mol. The van der Waals surface area contributed by atoms with Crippen LogP contribution in [-0.2, 0) is 16.6 Å². The predicted octanol–water partition coefficient (Wildman–Crippen LogP) is 2.35. The van der Waals surface area contributed by atoms with Crippen molar-refractivity contribution < 1.29 is 13.2 Å². The van der Waals surface area contributed by atoms with Crippen molar-refractivity contribution in [1.82, 2.24) is 38.3 Å². The molecule has 13 heteroatoms. The Kier molecular flexibility index (Phi) is 7.50. The highest BCUT2D eigenvalue weighted by Gasteiger charge is 2.28. The summed E-state index contributed by atoms with van der Waals surface area (Å²) in [6.07, 6.45) is 4.66. The number of nitrogens with zero attached hydrogens (tertiary/aromatic N) is 7. The van der Waals surface area contributed by atoms with Crippen molar-refractivity contribution in [3.8, 4) is 17.1 Å². The van der Waals surface area contributed by atoms with Gasteiger partial charge in [0.15, 0.2) is 11.3 Å². The van der Waals surface area contributed by atoms with Crippen molar-refractivity contribution in [2.75, 3.05) is 39.8 Å². The number of aromatic amines is 1. The second kappa shape index (κ2) is 10.8. The van der Waals surface area contributed by atoms with Gasteiger partial charge in [-0.15, -0.1) is 10.2 Å². The van der Waals surface area contributed by atoms with Gasteiger partial charge in [-0.05, 0) is 51.1 Å². The fraction of sp³-hybridized carbons (Fsp3) is 0.520. The molecule has 1 fully saturated rings. The van der Waals surface area contributed by atoms with E-state index in [2.05, 4.69) is 27.0 Å². The number of hydrogen-bond acceptors (Lipinski definition) is 8. The van der Waals surface area contributed by atoms with Gasteiger partial charge in [0.1, 0.15) is 23.4 Å². The largest absolute Gasteiger partial charge is 0.493 e. The first-order valence-corrected chi connectivity index (χ1v) is 14.6. The van der Waals surface area contributed by atoms with E-state index in [1.807, 2.05) is 14.0 Å². The lowest BCUT2D eigenvalue weighted by Crippen LogP contribution is -2.34. The maximum atomic E-state index is 13.7. The summed E-state index contributed by atoms with van der Waals surface area (Å²) in [4.78, 5) is 23.5. The molecule has 1 aromatic carbocycles. The number of fused-ring (bicyclic) bond motifs is 3. The second-order valence-corrected chi connectivity index (χ2v) is 11.6. The molecule has 1 N–H and O–H groups in total. The molecule has 4 heterocycles.